The van der Waals surface area contributed by atoms with E-state index in [2.05, 4.69) is 49.6 Å². The highest BCUT2D eigenvalue weighted by atomic mass is 35.5. The Morgan fingerprint density at radius 2 is 1.77 bits per heavy atom. The number of primary amides is 1. The van der Waals surface area contributed by atoms with Crippen molar-refractivity contribution in [1.29, 1.82) is 0 Å². The molecule has 48 heavy (non-hydrogen) atoms. The summed E-state index contributed by atoms with van der Waals surface area (Å²) in [5.41, 5.74) is 5.73. The number of nitrogens with one attached hydrogen (secondary N) is 2. The maximum Gasteiger partial charge on any atom is 0.412 e. The van der Waals surface area contributed by atoms with Gasteiger partial charge in [-0.15, -0.1) is 0 Å². The van der Waals surface area contributed by atoms with Crippen molar-refractivity contribution in [2.24, 2.45) is 5.73 Å². The highest BCUT2D eigenvalue weighted by Crippen LogP contribution is 2.36. The standard InChI is InChI=1S/C33H46ClFN6O6Si/c1-20(19-46-48(8,9)33(5,6)7)40(17-26(42)37-16-21-11-10-12-24(34)28(21)35)27(43)18-41-25-14-13-22(38-31(45)47-32(2,3)4)15-23(25)29(39-41)30(36)44/h10-15,20H,16-19H2,1-9H3,(H2,36,44)(H,37,42)(H,38,45)/t20-/m1/s1. The lowest BCUT2D eigenvalue weighted by Gasteiger charge is -2.38. The summed E-state index contributed by atoms with van der Waals surface area (Å²) >= 11 is 5.88. The number of nitrogens with two attached hydrogens (primary N) is 1. The second kappa shape index (κ2) is 15.0. The van der Waals surface area contributed by atoms with Crippen molar-refractivity contribution in [3.8, 4) is 0 Å². The molecule has 3 aromatic rings. The number of rotatable bonds is 12. The van der Waals surface area contributed by atoms with Crippen LogP contribution in [0.1, 0.15) is 64.5 Å². The van der Waals surface area contributed by atoms with Crippen LogP contribution >= 0.6 is 11.6 Å². The Bertz CT molecular complexity index is 1680. The Labute approximate surface area is 286 Å². The smallest absolute Gasteiger partial charge is 0.412 e. The number of carbonyl (C=O) groups is 4. The largest absolute Gasteiger partial charge is 0.444 e. The van der Waals surface area contributed by atoms with Crippen molar-refractivity contribution in [1.82, 2.24) is 20.0 Å². The fourth-order valence-electron chi connectivity index (χ4n) is 4.41. The van der Waals surface area contributed by atoms with E-state index in [1.165, 1.54) is 27.8 Å². The van der Waals surface area contributed by atoms with Crippen LogP contribution in [-0.4, -0.2) is 71.6 Å². The Morgan fingerprint density at radius 3 is 2.38 bits per heavy atom. The third-order valence-corrected chi connectivity index (χ3v) is 12.9. The van der Waals surface area contributed by atoms with E-state index in [0.717, 1.165) is 0 Å². The molecule has 0 radical (unpaired) electrons. The van der Waals surface area contributed by atoms with Gasteiger partial charge in [-0.2, -0.15) is 5.10 Å². The lowest BCUT2D eigenvalue weighted by atomic mass is 10.1. The molecule has 15 heteroatoms. The molecule has 0 spiro atoms. The molecule has 0 unspecified atom stereocenters. The number of ether oxygens (including phenoxy) is 1. The predicted octanol–water partition coefficient (Wildman–Crippen LogP) is 5.83. The zero-order valence-electron chi connectivity index (χ0n) is 29.0. The molecule has 0 aliphatic rings. The summed E-state index contributed by atoms with van der Waals surface area (Å²) in [6, 6.07) is 8.64. The van der Waals surface area contributed by atoms with Gasteiger partial charge in [0, 0.05) is 23.2 Å². The maximum atomic E-state index is 14.4. The molecule has 0 bridgehead atoms. The molecular weight excluding hydrogens is 659 g/mol. The van der Waals surface area contributed by atoms with Gasteiger partial charge in [-0.05, 0) is 70.1 Å². The first-order valence-electron chi connectivity index (χ1n) is 15.5. The monoisotopic (exact) mass is 704 g/mol. The minimum atomic E-state index is -2.21. The van der Waals surface area contributed by atoms with Gasteiger partial charge >= 0.3 is 6.09 Å². The molecule has 0 aliphatic heterocycles. The number of fused-ring (bicyclic) bond motifs is 1. The number of amides is 4. The van der Waals surface area contributed by atoms with Crippen LogP contribution in [-0.2, 0) is 31.8 Å². The van der Waals surface area contributed by atoms with E-state index < -0.39 is 49.6 Å². The molecule has 1 heterocycles. The summed E-state index contributed by atoms with van der Waals surface area (Å²) in [5.74, 6) is -2.48. The van der Waals surface area contributed by atoms with E-state index in [9.17, 15) is 23.6 Å². The van der Waals surface area contributed by atoms with Gasteiger partial charge in [0.05, 0.1) is 29.7 Å². The zero-order valence-corrected chi connectivity index (χ0v) is 30.8. The van der Waals surface area contributed by atoms with Gasteiger partial charge in [0.25, 0.3) is 5.91 Å². The third kappa shape index (κ3) is 10.00. The van der Waals surface area contributed by atoms with Crippen molar-refractivity contribution in [2.75, 3.05) is 18.5 Å². The number of halogens is 2. The topological polar surface area (TPSA) is 158 Å². The predicted molar refractivity (Wildman–Crippen MR) is 186 cm³/mol. The number of aromatic nitrogens is 2. The zero-order chi connectivity index (χ0) is 36.2. The first-order valence-corrected chi connectivity index (χ1v) is 18.8. The molecule has 3 rings (SSSR count). The van der Waals surface area contributed by atoms with Crippen molar-refractivity contribution in [3.63, 3.8) is 0 Å². The Balaban J connectivity index is 1.89. The maximum absolute atomic E-state index is 14.4. The number of hydrogen-bond acceptors (Lipinski definition) is 7. The van der Waals surface area contributed by atoms with Gasteiger partial charge < -0.3 is 25.1 Å². The summed E-state index contributed by atoms with van der Waals surface area (Å²) in [4.78, 5) is 53.1. The van der Waals surface area contributed by atoms with Crippen molar-refractivity contribution >= 4 is 60.3 Å². The van der Waals surface area contributed by atoms with Crippen LogP contribution in [0.5, 0.6) is 0 Å². The van der Waals surface area contributed by atoms with Crippen molar-refractivity contribution in [2.45, 2.75) is 91.3 Å². The Morgan fingerprint density at radius 1 is 1.10 bits per heavy atom. The van der Waals surface area contributed by atoms with Crippen LogP contribution in [0.25, 0.3) is 10.9 Å². The highest BCUT2D eigenvalue weighted by molar-refractivity contribution is 6.74. The Kier molecular flexibility index (Phi) is 12.0. The van der Waals surface area contributed by atoms with E-state index in [4.69, 9.17) is 26.5 Å². The first-order chi connectivity index (χ1) is 22.1. The van der Waals surface area contributed by atoms with Crippen LogP contribution < -0.4 is 16.4 Å². The normalized spacial score (nSPS) is 12.8. The number of hydrogen-bond donors (Lipinski definition) is 3. The minimum Gasteiger partial charge on any atom is -0.444 e. The van der Waals surface area contributed by atoms with Crippen LogP contribution in [0.4, 0.5) is 14.9 Å². The number of carbonyl (C=O) groups excluding carboxylic acids is 4. The average Bonchev–Trinajstić information content (AvgIpc) is 3.31. The third-order valence-electron chi connectivity index (χ3n) is 8.08. The summed E-state index contributed by atoms with van der Waals surface area (Å²) in [6.45, 7) is 16.8. The molecule has 12 nitrogen and oxygen atoms in total. The van der Waals surface area contributed by atoms with Gasteiger partial charge in [-0.25, -0.2) is 9.18 Å². The number of anilines is 1. The highest BCUT2D eigenvalue weighted by Gasteiger charge is 2.38. The van der Waals surface area contributed by atoms with E-state index >= 15 is 0 Å². The second-order valence-electron chi connectivity index (χ2n) is 14.2. The quantitative estimate of drug-likeness (QED) is 0.200. The summed E-state index contributed by atoms with van der Waals surface area (Å²) in [7, 11) is -2.21. The lowest BCUT2D eigenvalue weighted by Crippen LogP contribution is -2.50. The molecule has 1 aromatic heterocycles. The SMILES string of the molecule is C[C@H](CO[Si](C)(C)C(C)(C)C)N(CC(=O)NCc1cccc(Cl)c1F)C(=O)Cn1nc(C(N)=O)c2cc(NC(=O)OC(C)(C)C)ccc21. The van der Waals surface area contributed by atoms with Crippen LogP contribution in [0.15, 0.2) is 36.4 Å². The first kappa shape index (κ1) is 38.4. The van der Waals surface area contributed by atoms with E-state index in [1.807, 2.05) is 0 Å². The van der Waals surface area contributed by atoms with Crippen LogP contribution in [0.3, 0.4) is 0 Å². The number of nitrogens with zero attached hydrogens (tertiary/aromatic N) is 3. The molecule has 262 valence electrons. The van der Waals surface area contributed by atoms with E-state index in [0.29, 0.717) is 16.6 Å². The molecule has 0 fully saturated rings. The molecule has 0 saturated carbocycles. The van der Waals surface area contributed by atoms with E-state index in [-0.39, 0.29) is 47.6 Å². The summed E-state index contributed by atoms with van der Waals surface area (Å²) in [5, 5.41) is 9.75. The van der Waals surface area contributed by atoms with Crippen molar-refractivity contribution < 1.29 is 32.7 Å². The van der Waals surface area contributed by atoms with E-state index in [1.54, 1.807) is 45.9 Å². The molecule has 4 amide bonds. The Hall–Kier alpha value is -4.01. The molecule has 0 aliphatic carbocycles. The summed E-state index contributed by atoms with van der Waals surface area (Å²) in [6.07, 6.45) is -0.689. The van der Waals surface area contributed by atoms with Gasteiger partial charge in [-0.1, -0.05) is 44.5 Å². The fraction of sp³-hybridized carbons (Fsp3) is 0.485. The van der Waals surface area contributed by atoms with Crippen molar-refractivity contribution in [3.05, 3.63) is 58.5 Å². The van der Waals surface area contributed by atoms with Crippen LogP contribution in [0, 0.1) is 5.82 Å². The molecular formula is C33H46ClFN6O6Si. The molecule has 1 atom stereocenters. The second-order valence-corrected chi connectivity index (χ2v) is 19.4. The van der Waals surface area contributed by atoms with Gasteiger partial charge in [0.2, 0.25) is 11.8 Å². The van der Waals surface area contributed by atoms with Crippen LogP contribution in [0.2, 0.25) is 23.2 Å². The average molecular weight is 705 g/mol. The number of benzene rings is 2. The van der Waals surface area contributed by atoms with Gasteiger partial charge in [0.1, 0.15) is 18.0 Å². The molecule has 4 N–H and O–H groups in total. The summed E-state index contributed by atoms with van der Waals surface area (Å²) < 4.78 is 27.4. The molecule has 0 saturated heterocycles. The fourth-order valence-corrected chi connectivity index (χ4v) is 5.70. The minimum absolute atomic E-state index is 0.0653. The van der Waals surface area contributed by atoms with Gasteiger partial charge in [-0.3, -0.25) is 24.4 Å². The molecule has 2 aromatic carbocycles. The lowest BCUT2D eigenvalue weighted by molar-refractivity contribution is -0.139. The van der Waals surface area contributed by atoms with Gasteiger partial charge in [0.15, 0.2) is 14.0 Å².